The van der Waals surface area contributed by atoms with E-state index >= 15 is 0 Å². The molecule has 0 saturated heterocycles. The van der Waals surface area contributed by atoms with Crippen molar-refractivity contribution in [1.82, 2.24) is 10.3 Å². The fourth-order valence-corrected chi connectivity index (χ4v) is 3.06. The van der Waals surface area contributed by atoms with E-state index in [9.17, 15) is 0 Å². The molecule has 0 aliphatic heterocycles. The van der Waals surface area contributed by atoms with Gasteiger partial charge in [-0.05, 0) is 26.3 Å². The maximum Gasteiger partial charge on any atom is 0.0944 e. The molecule has 0 radical (unpaired) electrons. The van der Waals surface area contributed by atoms with E-state index in [1.807, 2.05) is 6.92 Å². The molecule has 1 atom stereocenters. The van der Waals surface area contributed by atoms with Gasteiger partial charge in [-0.25, -0.2) is 4.98 Å². The van der Waals surface area contributed by atoms with Gasteiger partial charge in [0.25, 0.3) is 0 Å². The number of aromatic nitrogens is 1. The third-order valence-electron chi connectivity index (χ3n) is 3.24. The monoisotopic (exact) mass is 298 g/mol. The normalized spacial score (nSPS) is 13.7. The second-order valence-corrected chi connectivity index (χ2v) is 7.16. The number of nitrogens with zero attached hydrogens (tertiary/aromatic N) is 1. The molecule has 1 aromatic heterocycles. The van der Waals surface area contributed by atoms with Gasteiger partial charge in [-0.1, -0.05) is 27.7 Å². The van der Waals surface area contributed by atoms with Crippen LogP contribution in [-0.4, -0.2) is 30.8 Å². The minimum atomic E-state index is 0.145. The van der Waals surface area contributed by atoms with E-state index in [0.29, 0.717) is 6.04 Å². The van der Waals surface area contributed by atoms with Gasteiger partial charge in [-0.2, -0.15) is 0 Å². The molecule has 0 spiro atoms. The van der Waals surface area contributed by atoms with Crippen LogP contribution in [0, 0.1) is 0 Å². The summed E-state index contributed by atoms with van der Waals surface area (Å²) in [5.41, 5.74) is 1.35. The summed E-state index contributed by atoms with van der Waals surface area (Å²) in [7, 11) is 0. The smallest absolute Gasteiger partial charge is 0.0944 e. The quantitative estimate of drug-likeness (QED) is 0.705. The lowest BCUT2D eigenvalue weighted by molar-refractivity contribution is 0.136. The van der Waals surface area contributed by atoms with Crippen molar-refractivity contribution in [3.05, 3.63) is 16.1 Å². The summed E-state index contributed by atoms with van der Waals surface area (Å²) in [6, 6.07) is 0.473. The molecular weight excluding hydrogens is 268 g/mol. The molecule has 1 rings (SSSR count). The summed E-state index contributed by atoms with van der Waals surface area (Å²) >= 11 is 1.79. The second-order valence-electron chi connectivity index (χ2n) is 6.22. The van der Waals surface area contributed by atoms with E-state index in [1.54, 1.807) is 11.3 Å². The predicted octanol–water partition coefficient (Wildman–Crippen LogP) is 3.78. The Hall–Kier alpha value is -0.450. The van der Waals surface area contributed by atoms with Gasteiger partial charge in [-0.3, -0.25) is 0 Å². The van der Waals surface area contributed by atoms with Crippen LogP contribution in [0.2, 0.25) is 0 Å². The Kier molecular flexibility index (Phi) is 7.70. The van der Waals surface area contributed by atoms with Gasteiger partial charge in [0.05, 0.1) is 10.7 Å². The van der Waals surface area contributed by atoms with E-state index in [0.717, 1.165) is 39.0 Å². The van der Waals surface area contributed by atoms with Crippen LogP contribution in [0.3, 0.4) is 0 Å². The first kappa shape index (κ1) is 17.6. The first-order chi connectivity index (χ1) is 9.47. The molecule has 1 unspecified atom stereocenters. The van der Waals surface area contributed by atoms with Crippen LogP contribution in [0.15, 0.2) is 5.38 Å². The highest BCUT2D eigenvalue weighted by Crippen LogP contribution is 2.24. The minimum absolute atomic E-state index is 0.145. The van der Waals surface area contributed by atoms with Crippen molar-refractivity contribution in [1.29, 1.82) is 0 Å². The average Bonchev–Trinajstić information content (AvgIpc) is 2.84. The van der Waals surface area contributed by atoms with Crippen molar-refractivity contribution in [2.45, 2.75) is 65.3 Å². The molecule has 0 aliphatic carbocycles. The lowest BCUT2D eigenvalue weighted by Crippen LogP contribution is -2.33. The minimum Gasteiger partial charge on any atom is -0.382 e. The topological polar surface area (TPSA) is 34.1 Å². The summed E-state index contributed by atoms with van der Waals surface area (Å²) in [6.45, 7) is 13.6. The van der Waals surface area contributed by atoms with Crippen molar-refractivity contribution in [3.63, 3.8) is 0 Å². The Bertz CT molecular complexity index is 371. The molecule has 0 saturated carbocycles. The van der Waals surface area contributed by atoms with Crippen molar-refractivity contribution in [2.75, 3.05) is 19.8 Å². The third-order valence-corrected chi connectivity index (χ3v) is 4.11. The molecule has 116 valence electrons. The zero-order valence-electron chi connectivity index (χ0n) is 13.7. The van der Waals surface area contributed by atoms with Gasteiger partial charge in [0.15, 0.2) is 0 Å². The van der Waals surface area contributed by atoms with Crippen molar-refractivity contribution in [2.24, 2.45) is 0 Å². The molecule has 0 fully saturated rings. The zero-order chi connectivity index (χ0) is 15.0. The van der Waals surface area contributed by atoms with Gasteiger partial charge in [0, 0.05) is 36.5 Å². The fraction of sp³-hybridized carbons (Fsp3) is 0.812. The van der Waals surface area contributed by atoms with E-state index in [2.05, 4.69) is 38.4 Å². The van der Waals surface area contributed by atoms with Gasteiger partial charge < -0.3 is 10.1 Å². The Balaban J connectivity index is 2.56. The standard InChI is InChI=1S/C16H30N2OS/c1-6-9-17-13(8-10-19-7-2)11-15-18-14(12-20-15)16(3,4)5/h12-13,17H,6-11H2,1-5H3. The highest BCUT2D eigenvalue weighted by molar-refractivity contribution is 7.09. The molecule has 4 heteroatoms. The summed E-state index contributed by atoms with van der Waals surface area (Å²) in [5.74, 6) is 0. The maximum absolute atomic E-state index is 5.48. The average molecular weight is 298 g/mol. The van der Waals surface area contributed by atoms with E-state index in [4.69, 9.17) is 9.72 Å². The van der Waals surface area contributed by atoms with Crippen LogP contribution in [0.4, 0.5) is 0 Å². The number of hydrogen-bond acceptors (Lipinski definition) is 4. The third kappa shape index (κ3) is 6.33. The van der Waals surface area contributed by atoms with Crippen molar-refractivity contribution >= 4 is 11.3 Å². The summed E-state index contributed by atoms with van der Waals surface area (Å²) in [6.07, 6.45) is 3.22. The molecule has 3 nitrogen and oxygen atoms in total. The number of nitrogens with one attached hydrogen (secondary N) is 1. The van der Waals surface area contributed by atoms with Crippen LogP contribution in [0.25, 0.3) is 0 Å². The second kappa shape index (κ2) is 8.75. The summed E-state index contributed by atoms with van der Waals surface area (Å²) in [4.78, 5) is 4.80. The van der Waals surface area contributed by atoms with E-state index < -0.39 is 0 Å². The number of rotatable bonds is 9. The Labute approximate surface area is 128 Å². The number of ether oxygens (including phenoxy) is 1. The first-order valence-corrected chi connectivity index (χ1v) is 8.61. The Morgan fingerprint density at radius 2 is 2.10 bits per heavy atom. The lowest BCUT2D eigenvalue weighted by atomic mass is 9.93. The summed E-state index contributed by atoms with van der Waals surface area (Å²) < 4.78 is 5.48. The molecule has 20 heavy (non-hydrogen) atoms. The first-order valence-electron chi connectivity index (χ1n) is 7.73. The molecule has 1 N–H and O–H groups in total. The molecule has 0 aliphatic rings. The Morgan fingerprint density at radius 1 is 1.35 bits per heavy atom. The lowest BCUT2D eigenvalue weighted by Gasteiger charge is -2.18. The van der Waals surface area contributed by atoms with Crippen LogP contribution in [-0.2, 0) is 16.6 Å². The van der Waals surface area contributed by atoms with Crippen molar-refractivity contribution in [3.8, 4) is 0 Å². The van der Waals surface area contributed by atoms with Crippen molar-refractivity contribution < 1.29 is 4.74 Å². The maximum atomic E-state index is 5.48. The molecule has 0 bridgehead atoms. The van der Waals surface area contributed by atoms with Gasteiger partial charge in [-0.15, -0.1) is 11.3 Å². The molecular formula is C16H30N2OS. The summed E-state index contributed by atoms with van der Waals surface area (Å²) in [5, 5.41) is 7.05. The SMILES string of the molecule is CCCNC(CCOCC)Cc1nc(C(C)(C)C)cs1. The van der Waals surface area contributed by atoms with Gasteiger partial charge in [0.1, 0.15) is 0 Å². The highest BCUT2D eigenvalue weighted by Gasteiger charge is 2.18. The van der Waals surface area contributed by atoms with Crippen LogP contribution < -0.4 is 5.32 Å². The molecule has 0 aromatic carbocycles. The molecule has 0 amide bonds. The fourth-order valence-electron chi connectivity index (χ4n) is 1.95. The van der Waals surface area contributed by atoms with Crippen LogP contribution >= 0.6 is 11.3 Å². The van der Waals surface area contributed by atoms with Crippen LogP contribution in [0.5, 0.6) is 0 Å². The highest BCUT2D eigenvalue weighted by atomic mass is 32.1. The molecule has 1 heterocycles. The Morgan fingerprint density at radius 3 is 2.65 bits per heavy atom. The molecule has 1 aromatic rings. The van der Waals surface area contributed by atoms with Gasteiger partial charge in [0.2, 0.25) is 0 Å². The zero-order valence-corrected chi connectivity index (χ0v) is 14.5. The number of thiazole rings is 1. The predicted molar refractivity (Wildman–Crippen MR) is 87.7 cm³/mol. The van der Waals surface area contributed by atoms with E-state index in [-0.39, 0.29) is 5.41 Å². The van der Waals surface area contributed by atoms with Gasteiger partial charge >= 0.3 is 0 Å². The number of hydrogen-bond donors (Lipinski definition) is 1. The van der Waals surface area contributed by atoms with E-state index in [1.165, 1.54) is 10.7 Å². The van der Waals surface area contributed by atoms with Crippen LogP contribution in [0.1, 0.15) is 58.2 Å². The largest absolute Gasteiger partial charge is 0.382 e.